The highest BCUT2D eigenvalue weighted by Gasteiger charge is 2.52. The van der Waals surface area contributed by atoms with Crippen molar-refractivity contribution in [2.45, 2.75) is 57.8 Å². The van der Waals surface area contributed by atoms with Crippen LogP contribution >= 0.6 is 11.3 Å². The molecular formula is C19H24N4O6S. The first-order valence-corrected chi connectivity index (χ1v) is 10.5. The van der Waals surface area contributed by atoms with Crippen molar-refractivity contribution in [1.29, 1.82) is 0 Å². The van der Waals surface area contributed by atoms with Crippen LogP contribution in [-0.4, -0.2) is 57.7 Å². The summed E-state index contributed by atoms with van der Waals surface area (Å²) in [5, 5.41) is 3.69. The van der Waals surface area contributed by atoms with Gasteiger partial charge in [-0.3, -0.25) is 19.1 Å². The molecule has 0 saturated carbocycles. The van der Waals surface area contributed by atoms with Crippen LogP contribution in [0.1, 0.15) is 40.3 Å². The molecule has 30 heavy (non-hydrogen) atoms. The second-order valence-corrected chi connectivity index (χ2v) is 9.28. The third-order valence-electron chi connectivity index (χ3n) is 5.18. The van der Waals surface area contributed by atoms with E-state index in [1.54, 1.807) is 13.8 Å². The SMILES string of the molecule is Cc1nc(C(=O)NC[C@H]2OC[C@@H](n3ccc(=O)[nH]c3=O)[C@@H]3OC(C)(C)O[C@@H]32)c(C)s1. The molecule has 4 heterocycles. The molecule has 2 saturated heterocycles. The van der Waals surface area contributed by atoms with Crippen LogP contribution in [0.25, 0.3) is 0 Å². The molecule has 0 aromatic carbocycles. The van der Waals surface area contributed by atoms with E-state index < -0.39 is 41.4 Å². The standard InChI is InChI=1S/C19H24N4O6S/c1-9-14(21-10(2)30-9)17(25)20-7-12-16-15(28-19(3,4)29-16)11(8-27-12)23-6-5-13(24)22-18(23)26/h5-6,11-12,15-16H,7-8H2,1-4H3,(H,20,25)(H,22,24,26)/t11-,12-,15+,16-/m1/s1. The Labute approximate surface area is 176 Å². The van der Waals surface area contributed by atoms with Gasteiger partial charge in [0, 0.05) is 23.7 Å². The van der Waals surface area contributed by atoms with Crippen LogP contribution in [0.3, 0.4) is 0 Å². The Morgan fingerprint density at radius 2 is 2.07 bits per heavy atom. The molecule has 0 spiro atoms. The van der Waals surface area contributed by atoms with Crippen LogP contribution in [0.15, 0.2) is 21.9 Å². The fourth-order valence-corrected chi connectivity index (χ4v) is 4.75. The third-order valence-corrected chi connectivity index (χ3v) is 6.07. The van der Waals surface area contributed by atoms with Crippen molar-refractivity contribution in [1.82, 2.24) is 19.9 Å². The minimum atomic E-state index is -0.877. The number of rotatable bonds is 4. The predicted molar refractivity (Wildman–Crippen MR) is 108 cm³/mol. The summed E-state index contributed by atoms with van der Waals surface area (Å²) in [4.78, 5) is 43.6. The van der Waals surface area contributed by atoms with E-state index in [4.69, 9.17) is 14.2 Å². The number of carbonyl (C=O) groups is 1. The second-order valence-electron chi connectivity index (χ2n) is 7.87. The molecule has 10 nitrogen and oxygen atoms in total. The predicted octanol–water partition coefficient (Wildman–Crippen LogP) is 0.500. The maximum Gasteiger partial charge on any atom is 0.328 e. The molecule has 2 N–H and O–H groups in total. The zero-order valence-corrected chi connectivity index (χ0v) is 17.9. The summed E-state index contributed by atoms with van der Waals surface area (Å²) in [5.41, 5.74) is -0.600. The second kappa shape index (κ2) is 7.73. The first-order chi connectivity index (χ1) is 14.1. The molecule has 2 aliphatic heterocycles. The van der Waals surface area contributed by atoms with Crippen LogP contribution in [-0.2, 0) is 14.2 Å². The summed E-state index contributed by atoms with van der Waals surface area (Å²) >= 11 is 1.47. The fourth-order valence-electron chi connectivity index (χ4n) is 3.93. The van der Waals surface area contributed by atoms with Gasteiger partial charge in [-0.25, -0.2) is 9.78 Å². The summed E-state index contributed by atoms with van der Waals surface area (Å²) in [5.74, 6) is -1.15. The van der Waals surface area contributed by atoms with Gasteiger partial charge in [-0.15, -0.1) is 11.3 Å². The number of aromatic nitrogens is 3. The Kier molecular flexibility index (Phi) is 5.39. The van der Waals surface area contributed by atoms with Crippen LogP contribution in [0, 0.1) is 13.8 Å². The van der Waals surface area contributed by atoms with Gasteiger partial charge < -0.3 is 19.5 Å². The summed E-state index contributed by atoms with van der Waals surface area (Å²) in [6, 6.07) is 0.804. The smallest absolute Gasteiger partial charge is 0.328 e. The lowest BCUT2D eigenvalue weighted by Gasteiger charge is -2.37. The van der Waals surface area contributed by atoms with Crippen molar-refractivity contribution in [3.63, 3.8) is 0 Å². The fraction of sp³-hybridized carbons (Fsp3) is 0.579. The van der Waals surface area contributed by atoms with Gasteiger partial charge in [0.25, 0.3) is 11.5 Å². The molecule has 2 aliphatic rings. The summed E-state index contributed by atoms with van der Waals surface area (Å²) in [6.45, 7) is 7.67. The van der Waals surface area contributed by atoms with E-state index in [-0.39, 0.29) is 19.1 Å². The van der Waals surface area contributed by atoms with Gasteiger partial charge >= 0.3 is 5.69 Å². The largest absolute Gasteiger partial charge is 0.371 e. The van der Waals surface area contributed by atoms with Crippen LogP contribution in [0.5, 0.6) is 0 Å². The van der Waals surface area contributed by atoms with E-state index >= 15 is 0 Å². The van der Waals surface area contributed by atoms with E-state index in [2.05, 4.69) is 15.3 Å². The molecule has 162 valence electrons. The maximum absolute atomic E-state index is 12.5. The van der Waals surface area contributed by atoms with Crippen molar-refractivity contribution in [2.75, 3.05) is 13.2 Å². The number of hydrogen-bond donors (Lipinski definition) is 2. The molecule has 0 aliphatic carbocycles. The lowest BCUT2D eigenvalue weighted by atomic mass is 9.97. The Bertz CT molecular complexity index is 1070. The number of aryl methyl sites for hydroxylation is 2. The van der Waals surface area contributed by atoms with E-state index in [1.165, 1.54) is 28.2 Å². The molecule has 2 fully saturated rings. The van der Waals surface area contributed by atoms with Gasteiger partial charge in [0.15, 0.2) is 5.79 Å². The van der Waals surface area contributed by atoms with Crippen LogP contribution < -0.4 is 16.6 Å². The number of ether oxygens (including phenoxy) is 3. The maximum atomic E-state index is 12.5. The zero-order valence-electron chi connectivity index (χ0n) is 17.1. The molecule has 1 amide bonds. The number of aromatic amines is 1. The average molecular weight is 436 g/mol. The minimum Gasteiger partial charge on any atom is -0.371 e. The molecule has 4 atom stereocenters. The summed E-state index contributed by atoms with van der Waals surface area (Å²) in [6.07, 6.45) is -0.0229. The van der Waals surface area contributed by atoms with Crippen LogP contribution in [0.4, 0.5) is 0 Å². The highest BCUT2D eigenvalue weighted by Crippen LogP contribution is 2.39. The van der Waals surface area contributed by atoms with Gasteiger partial charge in [0.05, 0.1) is 17.7 Å². The third kappa shape index (κ3) is 3.97. The normalized spacial score (nSPS) is 27.6. The molecular weight excluding hydrogens is 412 g/mol. The topological polar surface area (TPSA) is 125 Å². The van der Waals surface area contributed by atoms with Gasteiger partial charge in [-0.2, -0.15) is 0 Å². The minimum absolute atomic E-state index is 0.169. The first kappa shape index (κ1) is 20.9. The summed E-state index contributed by atoms with van der Waals surface area (Å²) in [7, 11) is 0. The van der Waals surface area contributed by atoms with E-state index in [9.17, 15) is 14.4 Å². The number of H-pyrrole nitrogens is 1. The number of thiazole rings is 1. The quantitative estimate of drug-likeness (QED) is 0.715. The van der Waals surface area contributed by atoms with Crippen molar-refractivity contribution < 1.29 is 19.0 Å². The monoisotopic (exact) mass is 436 g/mol. The number of hydrogen-bond acceptors (Lipinski definition) is 8. The number of carbonyl (C=O) groups excluding carboxylic acids is 1. The molecule has 2 aromatic heterocycles. The lowest BCUT2D eigenvalue weighted by Crippen LogP contribution is -2.54. The van der Waals surface area contributed by atoms with E-state index in [0.29, 0.717) is 5.69 Å². The molecule has 0 radical (unpaired) electrons. The Balaban J connectivity index is 1.52. The molecule has 4 rings (SSSR count). The Morgan fingerprint density at radius 3 is 2.73 bits per heavy atom. The molecule has 11 heteroatoms. The average Bonchev–Trinajstić information content (AvgIpc) is 3.17. The van der Waals surface area contributed by atoms with E-state index in [0.717, 1.165) is 9.88 Å². The Hall–Kier alpha value is -2.34. The molecule has 0 bridgehead atoms. The Morgan fingerprint density at radius 1 is 1.33 bits per heavy atom. The van der Waals surface area contributed by atoms with Crippen molar-refractivity contribution >= 4 is 17.2 Å². The number of amides is 1. The number of fused-ring (bicyclic) bond motifs is 1. The zero-order chi connectivity index (χ0) is 21.6. The van der Waals surface area contributed by atoms with Gasteiger partial charge in [0.1, 0.15) is 24.0 Å². The van der Waals surface area contributed by atoms with E-state index in [1.807, 2.05) is 13.8 Å². The van der Waals surface area contributed by atoms with Crippen LogP contribution in [0.2, 0.25) is 0 Å². The molecule has 2 aromatic rings. The molecule has 0 unspecified atom stereocenters. The number of nitrogens with one attached hydrogen (secondary N) is 2. The lowest BCUT2D eigenvalue weighted by molar-refractivity contribution is -0.153. The highest BCUT2D eigenvalue weighted by molar-refractivity contribution is 7.11. The van der Waals surface area contributed by atoms with Crippen molar-refractivity contribution in [3.8, 4) is 0 Å². The van der Waals surface area contributed by atoms with Crippen molar-refractivity contribution in [2.24, 2.45) is 0 Å². The van der Waals surface area contributed by atoms with Gasteiger partial charge in [-0.1, -0.05) is 0 Å². The highest BCUT2D eigenvalue weighted by atomic mass is 32.1. The van der Waals surface area contributed by atoms with Gasteiger partial charge in [-0.05, 0) is 27.7 Å². The first-order valence-electron chi connectivity index (χ1n) is 9.65. The number of nitrogens with zero attached hydrogens (tertiary/aromatic N) is 2. The van der Waals surface area contributed by atoms with Gasteiger partial charge in [0.2, 0.25) is 0 Å². The summed E-state index contributed by atoms with van der Waals surface area (Å²) < 4.78 is 19.5. The van der Waals surface area contributed by atoms with Crippen molar-refractivity contribution in [3.05, 3.63) is 48.7 Å².